The highest BCUT2D eigenvalue weighted by molar-refractivity contribution is 5.94. The Kier molecular flexibility index (Phi) is 6.39. The number of alkyl halides is 3. The van der Waals surface area contributed by atoms with Crippen LogP contribution in [0.3, 0.4) is 0 Å². The number of aromatic nitrogens is 2. The van der Waals surface area contributed by atoms with Gasteiger partial charge in [-0.1, -0.05) is 6.07 Å². The summed E-state index contributed by atoms with van der Waals surface area (Å²) in [6.45, 7) is 5.98. The van der Waals surface area contributed by atoms with Crippen molar-refractivity contribution < 1.29 is 18.0 Å². The maximum Gasteiger partial charge on any atom is 0.416 e. The van der Waals surface area contributed by atoms with E-state index in [2.05, 4.69) is 26.7 Å². The maximum absolute atomic E-state index is 12.8. The molecule has 0 bridgehead atoms. The zero-order chi connectivity index (χ0) is 20.1. The average Bonchev–Trinajstić information content (AvgIpc) is 3.13. The molecule has 1 atom stereocenters. The van der Waals surface area contributed by atoms with Gasteiger partial charge in [0.15, 0.2) is 0 Å². The summed E-state index contributed by atoms with van der Waals surface area (Å²) in [5.74, 6) is 0.828. The van der Waals surface area contributed by atoms with Gasteiger partial charge in [0.2, 0.25) is 0 Å². The quantitative estimate of drug-likeness (QED) is 0.815. The molecule has 1 aromatic heterocycles. The predicted molar refractivity (Wildman–Crippen MR) is 99.7 cm³/mol. The largest absolute Gasteiger partial charge is 0.416 e. The summed E-state index contributed by atoms with van der Waals surface area (Å²) in [7, 11) is 0. The van der Waals surface area contributed by atoms with Gasteiger partial charge in [0.1, 0.15) is 5.82 Å². The van der Waals surface area contributed by atoms with Crippen LogP contribution in [0, 0.1) is 5.92 Å². The molecule has 1 saturated heterocycles. The fourth-order valence-corrected chi connectivity index (χ4v) is 3.62. The molecule has 1 aliphatic heterocycles. The number of amides is 1. The molecule has 28 heavy (non-hydrogen) atoms. The van der Waals surface area contributed by atoms with Crippen molar-refractivity contribution in [3.63, 3.8) is 0 Å². The topological polar surface area (TPSA) is 50.2 Å². The normalized spacial score (nSPS) is 18.2. The number of piperidine rings is 1. The lowest BCUT2D eigenvalue weighted by molar-refractivity contribution is -0.137. The highest BCUT2D eigenvalue weighted by atomic mass is 19.4. The Morgan fingerprint density at radius 2 is 2.18 bits per heavy atom. The standard InChI is InChI=1S/C20H25F3N4O/c1-2-27-10-8-24-18(27)14-26-9-4-5-15(13-26)12-25-19(28)16-6-3-7-17(11-16)20(21,22)23/h3,6-8,10-11,15H,2,4-5,9,12-14H2,1H3,(H,25,28). The van der Waals surface area contributed by atoms with Crippen LogP contribution in [-0.2, 0) is 19.3 Å². The highest BCUT2D eigenvalue weighted by Crippen LogP contribution is 2.29. The number of nitrogens with one attached hydrogen (secondary N) is 1. The van der Waals surface area contributed by atoms with Crippen LogP contribution in [0.15, 0.2) is 36.7 Å². The molecular weight excluding hydrogens is 369 g/mol. The van der Waals surface area contributed by atoms with Gasteiger partial charge in [-0.05, 0) is 50.4 Å². The molecule has 8 heteroatoms. The van der Waals surface area contributed by atoms with E-state index >= 15 is 0 Å². The molecule has 2 heterocycles. The van der Waals surface area contributed by atoms with E-state index in [0.29, 0.717) is 6.54 Å². The zero-order valence-electron chi connectivity index (χ0n) is 15.9. The van der Waals surface area contributed by atoms with Crippen molar-refractivity contribution in [1.82, 2.24) is 19.8 Å². The number of hydrogen-bond acceptors (Lipinski definition) is 3. The van der Waals surface area contributed by atoms with Crippen LogP contribution >= 0.6 is 0 Å². The lowest BCUT2D eigenvalue weighted by atomic mass is 9.97. The van der Waals surface area contributed by atoms with Crippen LogP contribution in [0.4, 0.5) is 13.2 Å². The monoisotopic (exact) mass is 394 g/mol. The lowest BCUT2D eigenvalue weighted by Gasteiger charge is -2.32. The van der Waals surface area contributed by atoms with Gasteiger partial charge in [0.25, 0.3) is 5.91 Å². The second-order valence-electron chi connectivity index (χ2n) is 7.16. The second kappa shape index (κ2) is 8.77. The summed E-state index contributed by atoms with van der Waals surface area (Å²) in [5, 5.41) is 2.80. The minimum atomic E-state index is -4.45. The van der Waals surface area contributed by atoms with E-state index in [0.717, 1.165) is 57.0 Å². The van der Waals surface area contributed by atoms with Gasteiger partial charge in [-0.25, -0.2) is 4.98 Å². The van der Waals surface area contributed by atoms with Crippen molar-refractivity contribution in [2.45, 2.75) is 39.0 Å². The minimum absolute atomic E-state index is 0.0347. The third-order valence-electron chi connectivity index (χ3n) is 5.11. The van der Waals surface area contributed by atoms with Crippen LogP contribution in [-0.4, -0.2) is 40.0 Å². The van der Waals surface area contributed by atoms with Gasteiger partial charge in [0.05, 0.1) is 12.1 Å². The first kappa shape index (κ1) is 20.4. The number of hydrogen-bond donors (Lipinski definition) is 1. The van der Waals surface area contributed by atoms with E-state index in [1.165, 1.54) is 12.1 Å². The summed E-state index contributed by atoms with van der Waals surface area (Å²) in [5.41, 5.74) is -0.775. The van der Waals surface area contributed by atoms with Crippen LogP contribution in [0.25, 0.3) is 0 Å². The van der Waals surface area contributed by atoms with Gasteiger partial charge in [-0.15, -0.1) is 0 Å². The van der Waals surface area contributed by atoms with Gasteiger partial charge >= 0.3 is 6.18 Å². The van der Waals surface area contributed by atoms with Crippen molar-refractivity contribution in [1.29, 1.82) is 0 Å². The number of rotatable bonds is 6. The summed E-state index contributed by atoms with van der Waals surface area (Å²) >= 11 is 0. The van der Waals surface area contributed by atoms with Crippen LogP contribution in [0.2, 0.25) is 0 Å². The molecule has 1 unspecified atom stereocenters. The molecule has 1 fully saturated rings. The fraction of sp³-hybridized carbons (Fsp3) is 0.500. The smallest absolute Gasteiger partial charge is 0.352 e. The Labute approximate surface area is 162 Å². The summed E-state index contributed by atoms with van der Waals surface area (Å²) in [6.07, 6.45) is 1.32. The van der Waals surface area contributed by atoms with Crippen molar-refractivity contribution in [3.8, 4) is 0 Å². The van der Waals surface area contributed by atoms with E-state index in [-0.39, 0.29) is 11.5 Å². The average molecular weight is 394 g/mol. The fourth-order valence-electron chi connectivity index (χ4n) is 3.62. The van der Waals surface area contributed by atoms with Gasteiger partial charge in [-0.3, -0.25) is 9.69 Å². The Morgan fingerprint density at radius 1 is 1.36 bits per heavy atom. The molecule has 0 aliphatic carbocycles. The Balaban J connectivity index is 1.53. The molecule has 5 nitrogen and oxygen atoms in total. The molecule has 0 saturated carbocycles. The van der Waals surface area contributed by atoms with E-state index in [1.54, 1.807) is 6.20 Å². The molecule has 1 N–H and O–H groups in total. The van der Waals surface area contributed by atoms with Crippen molar-refractivity contribution in [2.75, 3.05) is 19.6 Å². The van der Waals surface area contributed by atoms with Crippen LogP contribution < -0.4 is 5.32 Å². The van der Waals surface area contributed by atoms with Gasteiger partial charge < -0.3 is 9.88 Å². The Hall–Kier alpha value is -2.35. The molecule has 3 rings (SSSR count). The van der Waals surface area contributed by atoms with Crippen molar-refractivity contribution >= 4 is 5.91 Å². The number of nitrogens with zero attached hydrogens (tertiary/aromatic N) is 3. The van der Waals surface area contributed by atoms with Crippen molar-refractivity contribution in [2.24, 2.45) is 5.92 Å². The molecule has 1 amide bonds. The molecule has 1 aliphatic rings. The molecule has 152 valence electrons. The van der Waals surface area contributed by atoms with Crippen molar-refractivity contribution in [3.05, 3.63) is 53.6 Å². The van der Waals surface area contributed by atoms with Gasteiger partial charge in [-0.2, -0.15) is 13.2 Å². The first-order valence-electron chi connectivity index (χ1n) is 9.54. The summed E-state index contributed by atoms with van der Waals surface area (Å²) in [6, 6.07) is 4.53. The van der Waals surface area contributed by atoms with E-state index in [1.807, 2.05) is 6.20 Å². The number of imidazole rings is 1. The lowest BCUT2D eigenvalue weighted by Crippen LogP contribution is -2.41. The Bertz CT molecular complexity index is 803. The second-order valence-corrected chi connectivity index (χ2v) is 7.16. The molecule has 2 aromatic rings. The number of likely N-dealkylation sites (tertiary alicyclic amines) is 1. The summed E-state index contributed by atoms with van der Waals surface area (Å²) in [4.78, 5) is 19.0. The Morgan fingerprint density at radius 3 is 2.93 bits per heavy atom. The number of carbonyl (C=O) groups excluding carboxylic acids is 1. The third kappa shape index (κ3) is 5.13. The minimum Gasteiger partial charge on any atom is -0.352 e. The molecule has 0 radical (unpaired) electrons. The number of benzene rings is 1. The molecule has 0 spiro atoms. The molecule has 1 aromatic carbocycles. The first-order chi connectivity index (χ1) is 13.4. The highest BCUT2D eigenvalue weighted by Gasteiger charge is 2.31. The zero-order valence-corrected chi connectivity index (χ0v) is 15.9. The summed E-state index contributed by atoms with van der Waals surface area (Å²) < 4.78 is 40.6. The third-order valence-corrected chi connectivity index (χ3v) is 5.11. The number of carbonyl (C=O) groups is 1. The van der Waals surface area contributed by atoms with Gasteiger partial charge in [0, 0.05) is 37.6 Å². The number of halogens is 3. The number of aryl methyl sites for hydroxylation is 1. The van der Waals surface area contributed by atoms with E-state index in [4.69, 9.17) is 0 Å². The van der Waals surface area contributed by atoms with E-state index in [9.17, 15) is 18.0 Å². The van der Waals surface area contributed by atoms with Crippen LogP contribution in [0.5, 0.6) is 0 Å². The first-order valence-corrected chi connectivity index (χ1v) is 9.54. The SMILES string of the molecule is CCn1ccnc1CN1CCCC(CNC(=O)c2cccc(C(F)(F)F)c2)C1. The molecular formula is C20H25F3N4O. The maximum atomic E-state index is 12.8. The van der Waals surface area contributed by atoms with Crippen LogP contribution in [0.1, 0.15) is 41.5 Å². The predicted octanol–water partition coefficient (Wildman–Crippen LogP) is 3.56. The van der Waals surface area contributed by atoms with E-state index < -0.39 is 17.6 Å².